The predicted octanol–water partition coefficient (Wildman–Crippen LogP) is 1.65. The fourth-order valence-corrected chi connectivity index (χ4v) is 2.37. The molecule has 0 bridgehead atoms. The Labute approximate surface area is 94.7 Å². The van der Waals surface area contributed by atoms with E-state index < -0.39 is 5.97 Å². The third kappa shape index (κ3) is 1.71. The zero-order valence-corrected chi connectivity index (χ0v) is 9.58. The molecule has 0 amide bonds. The third-order valence-electron chi connectivity index (χ3n) is 2.63. The lowest BCUT2D eigenvalue weighted by atomic mass is 10.0. The van der Waals surface area contributed by atoms with Crippen LogP contribution in [-0.2, 0) is 13.0 Å². The van der Waals surface area contributed by atoms with Crippen molar-refractivity contribution in [1.82, 2.24) is 4.57 Å². The first-order chi connectivity index (χ1) is 7.11. The number of hydrogen-bond acceptors (Lipinski definition) is 2. The molecule has 0 aliphatic carbocycles. The molecule has 0 atom stereocenters. The van der Waals surface area contributed by atoms with E-state index in [1.807, 2.05) is 0 Å². The van der Waals surface area contributed by atoms with Crippen molar-refractivity contribution in [1.29, 1.82) is 0 Å². The highest BCUT2D eigenvalue weighted by Crippen LogP contribution is 2.19. The lowest BCUT2D eigenvalue weighted by Gasteiger charge is -2.20. The van der Waals surface area contributed by atoms with Gasteiger partial charge in [0.15, 0.2) is 0 Å². The summed E-state index contributed by atoms with van der Waals surface area (Å²) in [6, 6.07) is 1.40. The molecule has 2 rings (SSSR count). The van der Waals surface area contributed by atoms with Crippen LogP contribution in [0.1, 0.15) is 28.9 Å². The van der Waals surface area contributed by atoms with Crippen LogP contribution in [0.2, 0.25) is 0 Å². The molecular weight excluding hydrogens is 262 g/mol. The van der Waals surface area contributed by atoms with Crippen LogP contribution in [0, 0.1) is 0 Å². The Kier molecular flexibility index (Phi) is 2.65. The van der Waals surface area contributed by atoms with Crippen LogP contribution < -0.4 is 5.56 Å². The Morgan fingerprint density at radius 2 is 2.20 bits per heavy atom. The predicted molar refractivity (Wildman–Crippen MR) is 58.3 cm³/mol. The summed E-state index contributed by atoms with van der Waals surface area (Å²) in [4.78, 5) is 22.7. The Morgan fingerprint density at radius 3 is 2.87 bits per heavy atom. The largest absolute Gasteiger partial charge is 0.478 e. The average Bonchev–Trinajstić information content (AvgIpc) is 2.23. The number of carbonyl (C=O) groups is 1. The molecule has 1 aromatic heterocycles. The van der Waals surface area contributed by atoms with Crippen molar-refractivity contribution in [3.05, 3.63) is 32.2 Å². The molecule has 0 radical (unpaired) electrons. The van der Waals surface area contributed by atoms with Gasteiger partial charge in [0, 0.05) is 12.2 Å². The lowest BCUT2D eigenvalue weighted by Crippen LogP contribution is -2.29. The fraction of sp³-hybridized carbons (Fsp3) is 0.400. The van der Waals surface area contributed by atoms with Crippen LogP contribution in [0.5, 0.6) is 0 Å². The third-order valence-corrected chi connectivity index (χ3v) is 3.20. The fourth-order valence-electron chi connectivity index (χ4n) is 1.92. The highest BCUT2D eigenvalue weighted by Gasteiger charge is 2.20. The molecule has 5 heteroatoms. The first kappa shape index (κ1) is 10.4. The van der Waals surface area contributed by atoms with Crippen molar-refractivity contribution < 1.29 is 9.90 Å². The number of carboxylic acids is 1. The van der Waals surface area contributed by atoms with Gasteiger partial charge in [-0.15, -0.1) is 0 Å². The number of rotatable bonds is 1. The van der Waals surface area contributed by atoms with Gasteiger partial charge in [-0.05, 0) is 41.3 Å². The highest BCUT2D eigenvalue weighted by molar-refractivity contribution is 9.10. The molecule has 0 unspecified atom stereocenters. The van der Waals surface area contributed by atoms with Gasteiger partial charge in [0.1, 0.15) is 0 Å². The highest BCUT2D eigenvalue weighted by atomic mass is 79.9. The first-order valence-corrected chi connectivity index (χ1v) is 5.56. The maximum Gasteiger partial charge on any atom is 0.337 e. The summed E-state index contributed by atoms with van der Waals surface area (Å²) in [5.74, 6) is -0.971. The van der Waals surface area contributed by atoms with Gasteiger partial charge in [-0.2, -0.15) is 0 Å². The molecule has 0 spiro atoms. The van der Waals surface area contributed by atoms with Gasteiger partial charge in [0.05, 0.1) is 10.0 Å². The zero-order valence-electron chi connectivity index (χ0n) is 7.99. The van der Waals surface area contributed by atoms with Crippen molar-refractivity contribution in [2.24, 2.45) is 0 Å². The summed E-state index contributed by atoms with van der Waals surface area (Å²) in [7, 11) is 0. The Morgan fingerprint density at radius 1 is 1.47 bits per heavy atom. The summed E-state index contributed by atoms with van der Waals surface area (Å²) in [6.07, 6.45) is 2.55. The van der Waals surface area contributed by atoms with Crippen molar-refractivity contribution in [2.45, 2.75) is 25.8 Å². The quantitative estimate of drug-likeness (QED) is 0.845. The van der Waals surface area contributed by atoms with Gasteiger partial charge in [-0.25, -0.2) is 4.79 Å². The summed E-state index contributed by atoms with van der Waals surface area (Å²) in [6.45, 7) is 0.619. The number of nitrogens with zero attached hydrogens (tertiary/aromatic N) is 1. The lowest BCUT2D eigenvalue weighted by molar-refractivity contribution is 0.0693. The number of halogens is 1. The smallest absolute Gasteiger partial charge is 0.337 e. The van der Waals surface area contributed by atoms with Crippen LogP contribution in [-0.4, -0.2) is 15.6 Å². The first-order valence-electron chi connectivity index (χ1n) is 4.77. The van der Waals surface area contributed by atoms with Gasteiger partial charge >= 0.3 is 5.97 Å². The standard InChI is InChI=1S/C10H10BrNO3/c11-7-5-6(10(14)15)8-3-1-2-4-12(8)9(7)13/h5H,1-4H2,(H,14,15). The number of aromatic carboxylic acids is 1. The maximum atomic E-state index is 11.7. The summed E-state index contributed by atoms with van der Waals surface area (Å²) in [5.41, 5.74) is 0.762. The van der Waals surface area contributed by atoms with Crippen molar-refractivity contribution in [3.8, 4) is 0 Å². The van der Waals surface area contributed by atoms with Crippen LogP contribution in [0.3, 0.4) is 0 Å². The van der Waals surface area contributed by atoms with E-state index >= 15 is 0 Å². The van der Waals surface area contributed by atoms with E-state index in [1.54, 1.807) is 4.57 Å². The SMILES string of the molecule is O=C(O)c1cc(Br)c(=O)n2c1CCCC2. The van der Waals surface area contributed by atoms with Crippen molar-refractivity contribution >= 4 is 21.9 Å². The van der Waals surface area contributed by atoms with E-state index in [4.69, 9.17) is 5.11 Å². The molecular formula is C10H10BrNO3. The molecule has 0 fully saturated rings. The van der Waals surface area contributed by atoms with Gasteiger partial charge in [-0.3, -0.25) is 4.79 Å². The number of fused-ring (bicyclic) bond motifs is 1. The summed E-state index contributed by atoms with van der Waals surface area (Å²) >= 11 is 3.10. The Bertz CT molecular complexity index is 478. The Balaban J connectivity index is 2.73. The minimum Gasteiger partial charge on any atom is -0.478 e. The van der Waals surface area contributed by atoms with Gasteiger partial charge < -0.3 is 9.67 Å². The van der Waals surface area contributed by atoms with E-state index in [2.05, 4.69) is 15.9 Å². The molecule has 1 N–H and O–H groups in total. The Hall–Kier alpha value is -1.10. The van der Waals surface area contributed by atoms with E-state index in [-0.39, 0.29) is 11.1 Å². The number of carboxylic acid groups (broad SMARTS) is 1. The molecule has 1 aliphatic rings. The van der Waals surface area contributed by atoms with Crippen LogP contribution in [0.4, 0.5) is 0 Å². The molecule has 0 saturated carbocycles. The number of hydrogen-bond donors (Lipinski definition) is 1. The summed E-state index contributed by atoms with van der Waals surface area (Å²) in [5, 5.41) is 9.02. The van der Waals surface area contributed by atoms with Crippen LogP contribution in [0.25, 0.3) is 0 Å². The van der Waals surface area contributed by atoms with Crippen molar-refractivity contribution in [3.63, 3.8) is 0 Å². The molecule has 15 heavy (non-hydrogen) atoms. The van der Waals surface area contributed by atoms with Gasteiger partial charge in [-0.1, -0.05) is 0 Å². The average molecular weight is 272 g/mol. The van der Waals surface area contributed by atoms with Crippen molar-refractivity contribution in [2.75, 3.05) is 0 Å². The van der Waals surface area contributed by atoms with Gasteiger partial charge in [0.2, 0.25) is 0 Å². The molecule has 1 aromatic rings. The van der Waals surface area contributed by atoms with E-state index in [0.717, 1.165) is 12.8 Å². The van der Waals surface area contributed by atoms with Crippen LogP contribution >= 0.6 is 15.9 Å². The topological polar surface area (TPSA) is 59.3 Å². The molecule has 0 aromatic carbocycles. The zero-order chi connectivity index (χ0) is 11.0. The molecule has 4 nitrogen and oxygen atoms in total. The summed E-state index contributed by atoms with van der Waals surface area (Å²) < 4.78 is 1.89. The molecule has 2 heterocycles. The second-order valence-corrected chi connectivity index (χ2v) is 4.43. The minimum absolute atomic E-state index is 0.130. The van der Waals surface area contributed by atoms with Gasteiger partial charge in [0.25, 0.3) is 5.56 Å². The van der Waals surface area contributed by atoms with E-state index in [9.17, 15) is 9.59 Å². The number of pyridine rings is 1. The van der Waals surface area contributed by atoms with E-state index in [1.165, 1.54) is 6.07 Å². The maximum absolute atomic E-state index is 11.7. The monoisotopic (exact) mass is 271 g/mol. The van der Waals surface area contributed by atoms with E-state index in [0.29, 0.717) is 23.1 Å². The molecule has 0 saturated heterocycles. The molecule has 1 aliphatic heterocycles. The second-order valence-electron chi connectivity index (χ2n) is 3.57. The normalized spacial score (nSPS) is 14.7. The second kappa shape index (κ2) is 3.81. The number of aromatic nitrogens is 1. The van der Waals surface area contributed by atoms with Crippen LogP contribution in [0.15, 0.2) is 15.3 Å². The minimum atomic E-state index is -0.971. The molecule has 80 valence electrons.